The molecule has 0 saturated carbocycles. The van der Waals surface area contributed by atoms with Crippen molar-refractivity contribution in [2.24, 2.45) is 0 Å². The third kappa shape index (κ3) is 6.53. The maximum absolute atomic E-state index is 12.9. The molecule has 11 nitrogen and oxygen atoms in total. The quantitative estimate of drug-likeness (QED) is 0.127. The number of nitrogens with one attached hydrogen (secondary N) is 1. The number of amides is 3. The average Bonchev–Trinajstić information content (AvgIpc) is 3.48. The number of nitrogens with zero attached hydrogens (tertiary/aromatic N) is 2. The number of hydrogen-bond acceptors (Lipinski definition) is 9. The van der Waals surface area contributed by atoms with E-state index in [4.69, 9.17) is 32.4 Å². The van der Waals surface area contributed by atoms with Gasteiger partial charge in [-0.15, -0.1) is 0 Å². The fraction of sp³-hybridized carbons (Fsp3) is 0.154. The van der Waals surface area contributed by atoms with Crippen molar-refractivity contribution in [3.63, 3.8) is 0 Å². The van der Waals surface area contributed by atoms with Crippen LogP contribution in [0.3, 0.4) is 0 Å². The molecule has 3 aromatic rings. The van der Waals surface area contributed by atoms with Crippen molar-refractivity contribution in [1.82, 2.24) is 4.90 Å². The zero-order valence-corrected chi connectivity index (χ0v) is 23.0. The molecule has 4 rings (SSSR count). The van der Waals surface area contributed by atoms with Gasteiger partial charge in [0.25, 0.3) is 16.8 Å². The molecule has 1 fully saturated rings. The number of ether oxygens (including phenoxy) is 1. The number of halogens is 2. The lowest BCUT2D eigenvalue weighted by Gasteiger charge is -2.13. The fourth-order valence-electron chi connectivity index (χ4n) is 3.58. The monoisotopic (exact) mass is 603 g/mol. The van der Waals surface area contributed by atoms with Crippen LogP contribution in [0, 0.1) is 10.1 Å². The molecule has 0 radical (unpaired) electrons. The van der Waals surface area contributed by atoms with Gasteiger partial charge < -0.3 is 14.5 Å². The van der Waals surface area contributed by atoms with Crippen molar-refractivity contribution >= 4 is 75.4 Å². The molecule has 0 spiro atoms. The minimum absolute atomic E-state index is 0.00300. The summed E-state index contributed by atoms with van der Waals surface area (Å²) in [7, 11) is 0. The first-order valence-corrected chi connectivity index (χ1v) is 13.2. The Morgan fingerprint density at radius 2 is 1.93 bits per heavy atom. The van der Waals surface area contributed by atoms with E-state index in [1.807, 2.05) is 6.92 Å². The van der Waals surface area contributed by atoms with Crippen LogP contribution in [0.1, 0.15) is 29.5 Å². The highest BCUT2D eigenvalue weighted by molar-refractivity contribution is 8.18. The highest BCUT2D eigenvalue weighted by Crippen LogP contribution is 2.36. The number of furan rings is 1. The van der Waals surface area contributed by atoms with E-state index < -0.39 is 34.5 Å². The summed E-state index contributed by atoms with van der Waals surface area (Å²) in [6, 6.07) is 11.3. The van der Waals surface area contributed by atoms with Gasteiger partial charge in [-0.1, -0.05) is 30.1 Å². The lowest BCUT2D eigenvalue weighted by atomic mass is 10.1. The van der Waals surface area contributed by atoms with Gasteiger partial charge in [0, 0.05) is 22.9 Å². The van der Waals surface area contributed by atoms with Crippen molar-refractivity contribution in [2.45, 2.75) is 13.3 Å². The maximum atomic E-state index is 12.9. The summed E-state index contributed by atoms with van der Waals surface area (Å²) in [5.41, 5.74) is 0.205. The SMILES string of the molecule is CCCOC(=O)c1cc(NC(=O)CN2C(=O)S/C(=C/c3ccc(-c4ccc(Cl)cc4[N+](=O)[O-])o3)C2=O)ccc1Cl. The summed E-state index contributed by atoms with van der Waals surface area (Å²) in [4.78, 5) is 61.7. The molecule has 1 N–H and O–H groups in total. The summed E-state index contributed by atoms with van der Waals surface area (Å²) in [6.45, 7) is 1.46. The van der Waals surface area contributed by atoms with Gasteiger partial charge in [-0.3, -0.25) is 29.4 Å². The number of nitro benzene ring substituents is 1. The van der Waals surface area contributed by atoms with Crippen LogP contribution < -0.4 is 5.32 Å². The molecule has 14 heteroatoms. The highest BCUT2D eigenvalue weighted by Gasteiger charge is 2.36. The van der Waals surface area contributed by atoms with Crippen molar-refractivity contribution in [3.05, 3.63) is 84.9 Å². The van der Waals surface area contributed by atoms with Crippen LogP contribution >= 0.6 is 35.0 Å². The third-order valence-corrected chi connectivity index (χ3v) is 6.88. The lowest BCUT2D eigenvalue weighted by molar-refractivity contribution is -0.384. The topological polar surface area (TPSA) is 149 Å². The van der Waals surface area contributed by atoms with E-state index in [2.05, 4.69) is 5.32 Å². The molecule has 0 aliphatic carbocycles. The van der Waals surface area contributed by atoms with Gasteiger partial charge in [0.15, 0.2) is 0 Å². The van der Waals surface area contributed by atoms with Gasteiger partial charge in [0.1, 0.15) is 18.1 Å². The number of nitro groups is 1. The molecule has 2 aromatic carbocycles. The Morgan fingerprint density at radius 1 is 1.15 bits per heavy atom. The van der Waals surface area contributed by atoms with E-state index in [1.165, 1.54) is 54.6 Å². The third-order valence-electron chi connectivity index (χ3n) is 5.40. The van der Waals surface area contributed by atoms with Crippen LogP contribution in [0.2, 0.25) is 10.0 Å². The smallest absolute Gasteiger partial charge is 0.339 e. The zero-order valence-electron chi connectivity index (χ0n) is 20.6. The van der Waals surface area contributed by atoms with E-state index in [1.54, 1.807) is 0 Å². The first-order chi connectivity index (χ1) is 19.1. The van der Waals surface area contributed by atoms with Crippen molar-refractivity contribution < 1.29 is 33.3 Å². The molecule has 1 aliphatic rings. The zero-order chi connectivity index (χ0) is 29.0. The van der Waals surface area contributed by atoms with Gasteiger partial charge in [-0.25, -0.2) is 4.79 Å². The van der Waals surface area contributed by atoms with Crippen molar-refractivity contribution in [2.75, 3.05) is 18.5 Å². The lowest BCUT2D eigenvalue weighted by Crippen LogP contribution is -2.36. The van der Waals surface area contributed by atoms with Crippen LogP contribution in [-0.2, 0) is 14.3 Å². The molecule has 1 aromatic heterocycles. The number of imide groups is 1. The molecule has 206 valence electrons. The minimum Gasteiger partial charge on any atom is -0.462 e. The van der Waals surface area contributed by atoms with E-state index in [0.29, 0.717) is 18.2 Å². The largest absolute Gasteiger partial charge is 0.462 e. The predicted octanol–water partition coefficient (Wildman–Crippen LogP) is 6.40. The Hall–Kier alpha value is -4.13. The molecule has 0 atom stereocenters. The molecule has 2 heterocycles. The Bertz CT molecular complexity index is 1570. The fourth-order valence-corrected chi connectivity index (χ4v) is 4.76. The molecular weight excluding hydrogens is 585 g/mol. The average molecular weight is 604 g/mol. The number of hydrogen-bond donors (Lipinski definition) is 1. The Labute approximate surface area is 241 Å². The number of thioether (sulfide) groups is 1. The summed E-state index contributed by atoms with van der Waals surface area (Å²) >= 11 is 12.5. The minimum atomic E-state index is -0.722. The normalized spacial score (nSPS) is 14.1. The van der Waals surface area contributed by atoms with E-state index in [-0.39, 0.29) is 55.6 Å². The maximum Gasteiger partial charge on any atom is 0.339 e. The highest BCUT2D eigenvalue weighted by atomic mass is 35.5. The van der Waals surface area contributed by atoms with Gasteiger partial charge in [0.2, 0.25) is 5.91 Å². The van der Waals surface area contributed by atoms with Gasteiger partial charge in [-0.2, -0.15) is 0 Å². The van der Waals surface area contributed by atoms with Gasteiger partial charge >= 0.3 is 5.97 Å². The summed E-state index contributed by atoms with van der Waals surface area (Å²) < 4.78 is 10.7. The van der Waals surface area contributed by atoms with E-state index >= 15 is 0 Å². The molecule has 40 heavy (non-hydrogen) atoms. The predicted molar refractivity (Wildman–Crippen MR) is 149 cm³/mol. The first-order valence-electron chi connectivity index (χ1n) is 11.6. The van der Waals surface area contributed by atoms with E-state index in [9.17, 15) is 29.3 Å². The number of carbonyl (C=O) groups excluding carboxylic acids is 4. The molecule has 3 amide bonds. The second kappa shape index (κ2) is 12.4. The second-order valence-corrected chi connectivity index (χ2v) is 10.1. The molecule has 0 bridgehead atoms. The number of rotatable bonds is 9. The van der Waals surface area contributed by atoms with Crippen molar-refractivity contribution in [3.8, 4) is 11.3 Å². The molecular formula is C26H19Cl2N3O8S. The van der Waals surface area contributed by atoms with Crippen LogP contribution in [0.25, 0.3) is 17.4 Å². The molecule has 1 saturated heterocycles. The van der Waals surface area contributed by atoms with Crippen LogP contribution in [0.5, 0.6) is 0 Å². The summed E-state index contributed by atoms with van der Waals surface area (Å²) in [6.07, 6.45) is 1.93. The van der Waals surface area contributed by atoms with Crippen LogP contribution in [0.15, 0.2) is 57.9 Å². The van der Waals surface area contributed by atoms with Crippen molar-refractivity contribution in [1.29, 1.82) is 0 Å². The first kappa shape index (κ1) is 28.9. The van der Waals surface area contributed by atoms with Crippen LogP contribution in [0.4, 0.5) is 16.2 Å². The Morgan fingerprint density at radius 3 is 2.65 bits per heavy atom. The summed E-state index contributed by atoms with van der Waals surface area (Å²) in [5, 5.41) is 13.6. The summed E-state index contributed by atoms with van der Waals surface area (Å²) in [5.74, 6) is -1.73. The van der Waals surface area contributed by atoms with E-state index in [0.717, 1.165) is 4.90 Å². The number of benzene rings is 2. The number of esters is 1. The number of carbonyl (C=O) groups is 4. The Balaban J connectivity index is 1.45. The standard InChI is InChI=1S/C26H19Cl2N3O8S/c1-2-9-38-25(34)18-11-15(4-7-19(18)28)29-23(32)13-30-24(33)22(40-26(30)35)12-16-5-8-21(39-16)17-6-3-14(27)10-20(17)31(36)37/h3-8,10-12H,2,9,13H2,1H3,(H,29,32)/b22-12+. The van der Waals surface area contributed by atoms with Crippen LogP contribution in [-0.4, -0.2) is 46.0 Å². The van der Waals surface area contributed by atoms with Gasteiger partial charge in [-0.05, 0) is 60.6 Å². The second-order valence-electron chi connectivity index (χ2n) is 8.27. The molecule has 0 unspecified atom stereocenters. The number of anilines is 1. The van der Waals surface area contributed by atoms with Gasteiger partial charge in [0.05, 0.1) is 32.6 Å². The Kier molecular flexibility index (Phi) is 8.93. The molecule has 1 aliphatic heterocycles.